The second kappa shape index (κ2) is 8.37. The number of rotatable bonds is 7. The third kappa shape index (κ3) is 5.11. The smallest absolute Gasteiger partial charge is 0.305 e. The number of carboxylic acid groups (broad SMARTS) is 1. The maximum absolute atomic E-state index is 13.4. The number of hydrogen-bond donors (Lipinski definition) is 1. The lowest BCUT2D eigenvalue weighted by Crippen LogP contribution is -2.35. The number of carbonyl (C=O) groups is 2. The first kappa shape index (κ1) is 18.6. The van der Waals surface area contributed by atoms with Crippen molar-refractivity contribution >= 4 is 11.9 Å². The van der Waals surface area contributed by atoms with E-state index in [-0.39, 0.29) is 25.4 Å². The summed E-state index contributed by atoms with van der Waals surface area (Å²) in [5.74, 6) is -3.74. The maximum Gasteiger partial charge on any atom is 0.305 e. The van der Waals surface area contributed by atoms with Crippen LogP contribution in [-0.2, 0) is 16.1 Å². The van der Waals surface area contributed by atoms with E-state index in [1.54, 1.807) is 6.92 Å². The highest BCUT2D eigenvalue weighted by molar-refractivity contribution is 5.83. The Labute approximate surface area is 144 Å². The normalized spacial score (nSPS) is 11.8. The molecule has 132 valence electrons. The molecule has 0 saturated carbocycles. The number of carbonyl (C=O) groups excluding carboxylic acids is 1. The highest BCUT2D eigenvalue weighted by Gasteiger charge is 2.23. The Hall–Kier alpha value is -2.76. The predicted octanol–water partition coefficient (Wildman–Crippen LogP) is 3.57. The average molecular weight is 347 g/mol. The fourth-order valence-corrected chi connectivity index (χ4v) is 2.51. The second-order valence-electron chi connectivity index (χ2n) is 5.78. The number of amides is 1. The Morgan fingerprint density at radius 3 is 2.36 bits per heavy atom. The van der Waals surface area contributed by atoms with Gasteiger partial charge in [-0.2, -0.15) is 0 Å². The topological polar surface area (TPSA) is 57.6 Å². The standard InChI is InChI=1S/C19H19F2NO3/c1-13(15-5-3-2-4-6-15)19(25)22(10-9-18(23)24)12-14-7-8-16(20)17(21)11-14/h2-8,11,13H,9-10,12H2,1H3,(H,23,24)/t13-/m1/s1. The molecule has 0 spiro atoms. The minimum atomic E-state index is -1.03. The van der Waals surface area contributed by atoms with E-state index in [4.69, 9.17) is 5.11 Å². The van der Waals surface area contributed by atoms with Gasteiger partial charge in [-0.3, -0.25) is 9.59 Å². The molecule has 1 amide bonds. The summed E-state index contributed by atoms with van der Waals surface area (Å²) in [6, 6.07) is 12.5. The zero-order chi connectivity index (χ0) is 18.4. The van der Waals surface area contributed by atoms with E-state index in [2.05, 4.69) is 0 Å². The SMILES string of the molecule is C[C@@H](C(=O)N(CCC(=O)O)Cc1ccc(F)c(F)c1)c1ccccc1. The molecule has 6 heteroatoms. The highest BCUT2D eigenvalue weighted by Crippen LogP contribution is 2.20. The average Bonchev–Trinajstić information content (AvgIpc) is 2.61. The van der Waals surface area contributed by atoms with Crippen LogP contribution in [-0.4, -0.2) is 28.4 Å². The number of carboxylic acids is 1. The second-order valence-corrected chi connectivity index (χ2v) is 5.78. The van der Waals surface area contributed by atoms with E-state index in [1.807, 2.05) is 30.3 Å². The Balaban J connectivity index is 2.20. The Bertz CT molecular complexity index is 750. The molecule has 0 heterocycles. The molecule has 4 nitrogen and oxygen atoms in total. The fraction of sp³-hybridized carbons (Fsp3) is 0.263. The van der Waals surface area contributed by atoms with E-state index in [1.165, 1.54) is 11.0 Å². The van der Waals surface area contributed by atoms with Crippen LogP contribution in [0.2, 0.25) is 0 Å². The molecule has 2 rings (SSSR count). The van der Waals surface area contributed by atoms with Crippen LogP contribution in [0.15, 0.2) is 48.5 Å². The summed E-state index contributed by atoms with van der Waals surface area (Å²) in [6.07, 6.45) is -0.225. The minimum Gasteiger partial charge on any atom is -0.481 e. The molecule has 0 saturated heterocycles. The van der Waals surface area contributed by atoms with E-state index < -0.39 is 23.5 Å². The molecule has 0 aromatic heterocycles. The minimum absolute atomic E-state index is 0.00959. The van der Waals surface area contributed by atoms with Gasteiger partial charge in [0.15, 0.2) is 11.6 Å². The van der Waals surface area contributed by atoms with E-state index >= 15 is 0 Å². The molecule has 0 radical (unpaired) electrons. The molecule has 25 heavy (non-hydrogen) atoms. The summed E-state index contributed by atoms with van der Waals surface area (Å²) in [7, 11) is 0. The van der Waals surface area contributed by atoms with Crippen LogP contribution < -0.4 is 0 Å². The summed E-state index contributed by atoms with van der Waals surface area (Å²) < 4.78 is 26.5. The molecule has 0 unspecified atom stereocenters. The van der Waals surface area contributed by atoms with Crippen molar-refractivity contribution in [3.63, 3.8) is 0 Å². The summed E-state index contributed by atoms with van der Waals surface area (Å²) >= 11 is 0. The van der Waals surface area contributed by atoms with Crippen LogP contribution in [0.25, 0.3) is 0 Å². The lowest BCUT2D eigenvalue weighted by atomic mass is 9.99. The molecule has 2 aromatic rings. The van der Waals surface area contributed by atoms with Crippen molar-refractivity contribution < 1.29 is 23.5 Å². The molecule has 1 N–H and O–H groups in total. The first-order valence-electron chi connectivity index (χ1n) is 7.88. The van der Waals surface area contributed by atoms with Gasteiger partial charge in [0.2, 0.25) is 5.91 Å². The van der Waals surface area contributed by atoms with Crippen LogP contribution in [0, 0.1) is 11.6 Å². The number of aliphatic carboxylic acids is 1. The summed E-state index contributed by atoms with van der Waals surface area (Å²) in [5.41, 5.74) is 1.20. The van der Waals surface area contributed by atoms with Gasteiger partial charge in [0.1, 0.15) is 0 Å². The Morgan fingerprint density at radius 2 is 1.76 bits per heavy atom. The van der Waals surface area contributed by atoms with Crippen LogP contribution >= 0.6 is 0 Å². The van der Waals surface area contributed by atoms with Gasteiger partial charge in [0, 0.05) is 13.1 Å². The molecule has 2 aromatic carbocycles. The van der Waals surface area contributed by atoms with Crippen molar-refractivity contribution in [2.75, 3.05) is 6.54 Å². The highest BCUT2D eigenvalue weighted by atomic mass is 19.2. The van der Waals surface area contributed by atoms with E-state index in [0.717, 1.165) is 17.7 Å². The predicted molar refractivity (Wildman–Crippen MR) is 88.9 cm³/mol. The first-order valence-corrected chi connectivity index (χ1v) is 7.88. The van der Waals surface area contributed by atoms with Gasteiger partial charge >= 0.3 is 5.97 Å². The van der Waals surface area contributed by atoms with Crippen molar-refractivity contribution in [2.24, 2.45) is 0 Å². The van der Waals surface area contributed by atoms with Crippen LogP contribution in [0.5, 0.6) is 0 Å². The maximum atomic E-state index is 13.4. The van der Waals surface area contributed by atoms with Crippen molar-refractivity contribution in [3.8, 4) is 0 Å². The number of nitrogens with zero attached hydrogens (tertiary/aromatic N) is 1. The van der Waals surface area contributed by atoms with E-state index in [0.29, 0.717) is 5.56 Å². The molecule has 0 bridgehead atoms. The molecule has 0 aliphatic carbocycles. The molecule has 0 aliphatic rings. The Morgan fingerprint density at radius 1 is 1.08 bits per heavy atom. The van der Waals surface area contributed by atoms with Gasteiger partial charge < -0.3 is 10.0 Å². The molecule has 1 atom stereocenters. The number of benzene rings is 2. The van der Waals surface area contributed by atoms with Gasteiger partial charge in [-0.1, -0.05) is 36.4 Å². The first-order chi connectivity index (χ1) is 11.9. The third-order valence-electron chi connectivity index (χ3n) is 3.93. The van der Waals surface area contributed by atoms with Gasteiger partial charge in [-0.05, 0) is 30.2 Å². The number of halogens is 2. The molecule has 0 aliphatic heterocycles. The quantitative estimate of drug-likeness (QED) is 0.833. The van der Waals surface area contributed by atoms with E-state index in [9.17, 15) is 18.4 Å². The van der Waals surface area contributed by atoms with Gasteiger partial charge in [0.05, 0.1) is 12.3 Å². The van der Waals surface area contributed by atoms with Crippen LogP contribution in [0.1, 0.15) is 30.4 Å². The lowest BCUT2D eigenvalue weighted by Gasteiger charge is -2.26. The monoisotopic (exact) mass is 347 g/mol. The fourth-order valence-electron chi connectivity index (χ4n) is 2.51. The zero-order valence-electron chi connectivity index (χ0n) is 13.8. The third-order valence-corrected chi connectivity index (χ3v) is 3.93. The van der Waals surface area contributed by atoms with Gasteiger partial charge in [0.25, 0.3) is 0 Å². The lowest BCUT2D eigenvalue weighted by molar-refractivity contribution is -0.139. The molecule has 0 fully saturated rings. The van der Waals surface area contributed by atoms with Crippen LogP contribution in [0.4, 0.5) is 8.78 Å². The summed E-state index contributed by atoms with van der Waals surface area (Å²) in [4.78, 5) is 25.0. The van der Waals surface area contributed by atoms with Crippen molar-refractivity contribution in [2.45, 2.75) is 25.8 Å². The largest absolute Gasteiger partial charge is 0.481 e. The van der Waals surface area contributed by atoms with Crippen molar-refractivity contribution in [1.29, 1.82) is 0 Å². The van der Waals surface area contributed by atoms with Crippen molar-refractivity contribution in [1.82, 2.24) is 4.90 Å². The zero-order valence-corrected chi connectivity index (χ0v) is 13.8. The number of hydrogen-bond acceptors (Lipinski definition) is 2. The van der Waals surface area contributed by atoms with Crippen molar-refractivity contribution in [3.05, 3.63) is 71.3 Å². The molecular weight excluding hydrogens is 328 g/mol. The Kier molecular flexibility index (Phi) is 6.22. The van der Waals surface area contributed by atoms with Gasteiger partial charge in [-0.25, -0.2) is 8.78 Å². The summed E-state index contributed by atoms with van der Waals surface area (Å²) in [6.45, 7) is 1.74. The summed E-state index contributed by atoms with van der Waals surface area (Å²) in [5, 5.41) is 8.90. The van der Waals surface area contributed by atoms with Gasteiger partial charge in [-0.15, -0.1) is 0 Å². The molecular formula is C19H19F2NO3. The van der Waals surface area contributed by atoms with Crippen LogP contribution in [0.3, 0.4) is 0 Å².